The van der Waals surface area contributed by atoms with Gasteiger partial charge in [0, 0.05) is 0 Å². The molecular formula is C22H35. The lowest BCUT2D eigenvalue weighted by molar-refractivity contribution is 0.575. The lowest BCUT2D eigenvalue weighted by atomic mass is 10.0. The molecule has 0 aliphatic rings. The molecule has 0 aliphatic heterocycles. The maximum absolute atomic E-state index is 3.38. The summed E-state index contributed by atoms with van der Waals surface area (Å²) in [6, 6.07) is 8.97. The maximum Gasteiger partial charge on any atom is -0.0149 e. The van der Waals surface area contributed by atoms with Gasteiger partial charge in [0.25, 0.3) is 0 Å². The number of hydrogen-bond acceptors (Lipinski definition) is 0. The summed E-state index contributed by atoms with van der Waals surface area (Å²) >= 11 is 0. The highest BCUT2D eigenvalue weighted by molar-refractivity contribution is 5.27. The lowest BCUT2D eigenvalue weighted by Gasteiger charge is -2.03. The van der Waals surface area contributed by atoms with Crippen molar-refractivity contribution in [1.29, 1.82) is 0 Å². The van der Waals surface area contributed by atoms with E-state index in [-0.39, 0.29) is 0 Å². The summed E-state index contributed by atoms with van der Waals surface area (Å²) in [5.41, 5.74) is 2.70. The Balaban J connectivity index is 2.10. The van der Waals surface area contributed by atoms with Gasteiger partial charge in [-0.3, -0.25) is 0 Å². The molecule has 0 heterocycles. The Bertz CT molecular complexity index is 372. The molecule has 0 bridgehead atoms. The van der Waals surface area contributed by atoms with E-state index >= 15 is 0 Å². The first-order valence-corrected chi connectivity index (χ1v) is 9.54. The first-order chi connectivity index (χ1) is 10.9. The monoisotopic (exact) mass is 299 g/mol. The maximum atomic E-state index is 3.38. The summed E-state index contributed by atoms with van der Waals surface area (Å²) in [6.45, 7) is 4.51. The first-order valence-electron chi connectivity index (χ1n) is 9.54. The van der Waals surface area contributed by atoms with Crippen molar-refractivity contribution < 1.29 is 0 Å². The van der Waals surface area contributed by atoms with Gasteiger partial charge in [-0.2, -0.15) is 0 Å². The summed E-state index contributed by atoms with van der Waals surface area (Å²) in [5, 5.41) is 0. The fourth-order valence-electron chi connectivity index (χ4n) is 2.73. The molecule has 0 unspecified atom stereocenters. The van der Waals surface area contributed by atoms with E-state index < -0.39 is 0 Å². The Hall–Kier alpha value is -1.04. The standard InChI is InChI=1S/C22H35/c1-3-5-7-9-10-11-12-14-16-22-19-17-21(18-20-22)15-13-8-6-4-2/h13,17-20H,3-12,14,16H2,1-2H3. The van der Waals surface area contributed by atoms with Crippen molar-refractivity contribution in [1.82, 2.24) is 0 Å². The normalized spacial score (nSPS) is 11.4. The van der Waals surface area contributed by atoms with E-state index in [1.165, 1.54) is 81.8 Å². The highest BCUT2D eigenvalue weighted by Gasteiger charge is 1.95. The van der Waals surface area contributed by atoms with E-state index in [0.29, 0.717) is 0 Å². The van der Waals surface area contributed by atoms with Crippen LogP contribution in [0.25, 0.3) is 0 Å². The van der Waals surface area contributed by atoms with Crippen molar-refractivity contribution >= 4 is 0 Å². The molecule has 22 heavy (non-hydrogen) atoms. The van der Waals surface area contributed by atoms with Crippen LogP contribution in [0.15, 0.2) is 30.3 Å². The average molecular weight is 300 g/mol. The first kappa shape index (κ1) is 19.0. The largest absolute Gasteiger partial charge is 0.0760 e. The molecule has 1 aromatic carbocycles. The van der Waals surface area contributed by atoms with Crippen LogP contribution < -0.4 is 0 Å². The van der Waals surface area contributed by atoms with Crippen molar-refractivity contribution in [2.24, 2.45) is 0 Å². The number of hydrogen-bond donors (Lipinski definition) is 0. The molecular weight excluding hydrogens is 264 g/mol. The highest BCUT2D eigenvalue weighted by atomic mass is 14.0. The number of benzene rings is 1. The topological polar surface area (TPSA) is 0 Å². The summed E-state index contributed by atoms with van der Waals surface area (Å²) in [5.74, 6) is 0. The minimum absolute atomic E-state index is 1.15. The van der Waals surface area contributed by atoms with Crippen LogP contribution in [-0.4, -0.2) is 0 Å². The van der Waals surface area contributed by atoms with E-state index in [0.717, 1.165) is 6.42 Å². The fraction of sp³-hybridized carbons (Fsp3) is 0.636. The van der Waals surface area contributed by atoms with Crippen LogP contribution >= 0.6 is 0 Å². The van der Waals surface area contributed by atoms with Crippen LogP contribution in [0.1, 0.15) is 95.6 Å². The Labute approximate surface area is 139 Å². The Morgan fingerprint density at radius 1 is 0.727 bits per heavy atom. The van der Waals surface area contributed by atoms with Gasteiger partial charge in [-0.05, 0) is 36.5 Å². The molecule has 0 saturated carbocycles. The van der Waals surface area contributed by atoms with Gasteiger partial charge in [-0.1, -0.05) is 102 Å². The van der Waals surface area contributed by atoms with Crippen LogP contribution in [0.2, 0.25) is 0 Å². The second-order valence-electron chi connectivity index (χ2n) is 6.41. The minimum Gasteiger partial charge on any atom is -0.0760 e. The van der Waals surface area contributed by atoms with Crippen molar-refractivity contribution in [3.8, 4) is 0 Å². The highest BCUT2D eigenvalue weighted by Crippen LogP contribution is 2.12. The number of rotatable bonds is 13. The van der Waals surface area contributed by atoms with Crippen LogP contribution in [0.3, 0.4) is 0 Å². The zero-order chi connectivity index (χ0) is 15.9. The van der Waals surface area contributed by atoms with E-state index in [1.807, 2.05) is 0 Å². The molecule has 1 rings (SSSR count). The molecule has 0 heteroatoms. The quantitative estimate of drug-likeness (QED) is 0.336. The number of allylic oxidation sites excluding steroid dienone is 1. The predicted molar refractivity (Wildman–Crippen MR) is 99.2 cm³/mol. The zero-order valence-corrected chi connectivity index (χ0v) is 14.9. The van der Waals surface area contributed by atoms with Gasteiger partial charge < -0.3 is 0 Å². The van der Waals surface area contributed by atoms with Gasteiger partial charge in [0.1, 0.15) is 0 Å². The third kappa shape index (κ3) is 9.82. The zero-order valence-electron chi connectivity index (χ0n) is 14.9. The predicted octanol–water partition coefficient (Wildman–Crippen LogP) is 7.27. The molecule has 0 N–H and O–H groups in total. The van der Waals surface area contributed by atoms with Crippen LogP contribution in [0.4, 0.5) is 0 Å². The molecule has 1 aromatic rings. The van der Waals surface area contributed by atoms with E-state index in [9.17, 15) is 0 Å². The molecule has 0 aromatic heterocycles. The molecule has 0 spiro atoms. The third-order valence-electron chi connectivity index (χ3n) is 4.24. The van der Waals surface area contributed by atoms with Gasteiger partial charge in [0.05, 0.1) is 0 Å². The molecule has 0 aliphatic carbocycles. The van der Waals surface area contributed by atoms with Crippen molar-refractivity contribution in [3.63, 3.8) is 0 Å². The summed E-state index contributed by atoms with van der Waals surface area (Å²) in [6.07, 6.45) is 21.7. The van der Waals surface area contributed by atoms with Gasteiger partial charge in [0.15, 0.2) is 0 Å². The van der Waals surface area contributed by atoms with Crippen molar-refractivity contribution in [3.05, 3.63) is 47.5 Å². The van der Waals surface area contributed by atoms with Crippen LogP contribution in [0.5, 0.6) is 0 Å². The molecule has 0 atom stereocenters. The fourth-order valence-corrected chi connectivity index (χ4v) is 2.73. The van der Waals surface area contributed by atoms with E-state index in [2.05, 4.69) is 50.3 Å². The summed E-state index contributed by atoms with van der Waals surface area (Å²) in [4.78, 5) is 0. The minimum atomic E-state index is 1.15. The lowest BCUT2D eigenvalue weighted by Crippen LogP contribution is -1.87. The van der Waals surface area contributed by atoms with E-state index in [4.69, 9.17) is 0 Å². The van der Waals surface area contributed by atoms with Gasteiger partial charge in [-0.15, -0.1) is 0 Å². The van der Waals surface area contributed by atoms with Crippen LogP contribution in [-0.2, 0) is 6.42 Å². The van der Waals surface area contributed by atoms with Crippen molar-refractivity contribution in [2.45, 2.75) is 90.9 Å². The Kier molecular flexibility index (Phi) is 11.8. The number of aryl methyl sites for hydroxylation is 1. The Morgan fingerprint density at radius 2 is 1.32 bits per heavy atom. The molecule has 0 nitrogen and oxygen atoms in total. The van der Waals surface area contributed by atoms with Crippen LogP contribution in [0, 0.1) is 6.08 Å². The van der Waals surface area contributed by atoms with Gasteiger partial charge in [0.2, 0.25) is 0 Å². The van der Waals surface area contributed by atoms with Gasteiger partial charge in [-0.25, -0.2) is 0 Å². The molecule has 123 valence electrons. The van der Waals surface area contributed by atoms with E-state index in [1.54, 1.807) is 0 Å². The molecule has 0 saturated heterocycles. The molecule has 0 fully saturated rings. The van der Waals surface area contributed by atoms with Crippen molar-refractivity contribution in [2.75, 3.05) is 0 Å². The summed E-state index contributed by atoms with van der Waals surface area (Å²) in [7, 11) is 0. The second-order valence-corrected chi connectivity index (χ2v) is 6.41. The SMILES string of the molecule is CCCC/C=[C]\c1ccc(CCCCCCCCCC)cc1. The summed E-state index contributed by atoms with van der Waals surface area (Å²) < 4.78 is 0. The smallest absolute Gasteiger partial charge is 0.0149 e. The molecule has 0 amide bonds. The molecule has 1 radical (unpaired) electrons. The third-order valence-corrected chi connectivity index (χ3v) is 4.24. The average Bonchev–Trinajstić information content (AvgIpc) is 2.55. The number of unbranched alkanes of at least 4 members (excludes halogenated alkanes) is 9. The Morgan fingerprint density at radius 3 is 1.95 bits per heavy atom. The van der Waals surface area contributed by atoms with Gasteiger partial charge >= 0.3 is 0 Å². The second kappa shape index (κ2) is 13.6.